The minimum Gasteiger partial charge on any atom is -0.481 e. The number of fused-ring (bicyclic) bond motifs is 1. The van der Waals surface area contributed by atoms with E-state index >= 15 is 0 Å². The Bertz CT molecular complexity index is 1230. The molecule has 2 aromatic carbocycles. The first-order chi connectivity index (χ1) is 17.0. The summed E-state index contributed by atoms with van der Waals surface area (Å²) < 4.78 is 5.42. The van der Waals surface area contributed by atoms with E-state index in [9.17, 15) is 14.9 Å². The number of nitro groups is 1. The number of benzene rings is 2. The summed E-state index contributed by atoms with van der Waals surface area (Å²) in [6.45, 7) is 3.46. The van der Waals surface area contributed by atoms with Gasteiger partial charge in [0, 0.05) is 31.2 Å². The van der Waals surface area contributed by atoms with Crippen molar-refractivity contribution in [3.63, 3.8) is 0 Å². The van der Waals surface area contributed by atoms with Gasteiger partial charge >= 0.3 is 0 Å². The van der Waals surface area contributed by atoms with Crippen molar-refractivity contribution in [2.24, 2.45) is 0 Å². The fourth-order valence-electron chi connectivity index (χ4n) is 4.69. The molecular weight excluding hydrogens is 446 g/mol. The van der Waals surface area contributed by atoms with Gasteiger partial charge in [0.05, 0.1) is 10.4 Å². The van der Waals surface area contributed by atoms with Crippen LogP contribution < -0.4 is 10.1 Å². The van der Waals surface area contributed by atoms with Crippen molar-refractivity contribution in [2.45, 2.75) is 51.2 Å². The lowest BCUT2D eigenvalue weighted by molar-refractivity contribution is -0.383. The fraction of sp³-hybridized carbons (Fsp3) is 0.385. The summed E-state index contributed by atoms with van der Waals surface area (Å²) >= 11 is 0. The van der Waals surface area contributed by atoms with E-state index in [1.807, 2.05) is 36.1 Å². The minimum absolute atomic E-state index is 0.0708. The molecule has 0 spiro atoms. The number of hydrogen-bond donors (Lipinski definition) is 2. The number of nitro benzene ring substituents is 1. The molecule has 0 aliphatic heterocycles. The number of carbonyl (C=O) groups excluding carboxylic acids is 1. The molecule has 0 radical (unpaired) electrons. The van der Waals surface area contributed by atoms with Crippen molar-refractivity contribution >= 4 is 22.6 Å². The average molecular weight is 476 g/mol. The number of imidazole rings is 1. The average Bonchev–Trinajstić information content (AvgIpc) is 3.32. The molecule has 2 unspecified atom stereocenters. The summed E-state index contributed by atoms with van der Waals surface area (Å²) in [5.74, 6) is 3.11. The SMILES string of the molecule is C#CCOc1ccc(CNC2CCCC(N(CC)C(=O)c3nc4c([N+](=O)[O-])cccc4[nH]3)C2)cc1. The summed E-state index contributed by atoms with van der Waals surface area (Å²) in [5.41, 5.74) is 1.72. The number of ether oxygens (including phenoxy) is 1. The lowest BCUT2D eigenvalue weighted by atomic mass is 9.89. The van der Waals surface area contributed by atoms with Gasteiger partial charge in [-0.1, -0.05) is 24.1 Å². The van der Waals surface area contributed by atoms with Gasteiger partial charge in [-0.25, -0.2) is 4.98 Å². The Morgan fingerprint density at radius 1 is 1.31 bits per heavy atom. The van der Waals surface area contributed by atoms with Gasteiger partial charge in [0.15, 0.2) is 11.3 Å². The second-order valence-electron chi connectivity index (χ2n) is 8.64. The van der Waals surface area contributed by atoms with E-state index in [1.54, 1.807) is 12.1 Å². The topological polar surface area (TPSA) is 113 Å². The van der Waals surface area contributed by atoms with Crippen LogP contribution in [0.4, 0.5) is 5.69 Å². The number of terminal acetylenes is 1. The number of H-pyrrole nitrogens is 1. The number of non-ortho nitro benzene ring substituents is 1. The molecule has 3 aromatic rings. The fourth-order valence-corrected chi connectivity index (χ4v) is 4.69. The summed E-state index contributed by atoms with van der Waals surface area (Å²) in [6, 6.07) is 12.9. The molecule has 35 heavy (non-hydrogen) atoms. The van der Waals surface area contributed by atoms with Crippen molar-refractivity contribution in [3.8, 4) is 18.1 Å². The largest absolute Gasteiger partial charge is 0.481 e. The monoisotopic (exact) mass is 475 g/mol. The van der Waals surface area contributed by atoms with E-state index in [0.29, 0.717) is 12.1 Å². The van der Waals surface area contributed by atoms with E-state index in [2.05, 4.69) is 21.2 Å². The summed E-state index contributed by atoms with van der Waals surface area (Å²) in [7, 11) is 0. The molecule has 1 fully saturated rings. The highest BCUT2D eigenvalue weighted by molar-refractivity contribution is 5.96. The zero-order valence-corrected chi connectivity index (χ0v) is 19.7. The second kappa shape index (κ2) is 11.0. The van der Waals surface area contributed by atoms with Crippen LogP contribution >= 0.6 is 0 Å². The first-order valence-electron chi connectivity index (χ1n) is 11.8. The van der Waals surface area contributed by atoms with Gasteiger partial charge in [0.1, 0.15) is 12.4 Å². The Kier molecular flexibility index (Phi) is 7.63. The number of nitrogens with one attached hydrogen (secondary N) is 2. The number of nitrogens with zero attached hydrogens (tertiary/aromatic N) is 3. The predicted octanol–water partition coefficient (Wildman–Crippen LogP) is 4.05. The molecule has 1 saturated carbocycles. The van der Waals surface area contributed by atoms with Gasteiger partial charge < -0.3 is 19.9 Å². The molecule has 2 atom stereocenters. The molecule has 9 nitrogen and oxygen atoms in total. The maximum Gasteiger partial charge on any atom is 0.297 e. The Hall–Kier alpha value is -3.90. The number of carbonyl (C=O) groups is 1. The Balaban J connectivity index is 1.40. The molecule has 1 aliphatic carbocycles. The normalized spacial score (nSPS) is 17.6. The molecule has 182 valence electrons. The van der Waals surface area contributed by atoms with Crippen molar-refractivity contribution in [3.05, 3.63) is 64.0 Å². The van der Waals surface area contributed by atoms with Crippen LogP contribution in [0.5, 0.6) is 5.75 Å². The molecule has 1 heterocycles. The molecule has 0 bridgehead atoms. The third kappa shape index (κ3) is 5.61. The summed E-state index contributed by atoms with van der Waals surface area (Å²) in [5, 5.41) is 14.9. The van der Waals surface area contributed by atoms with E-state index < -0.39 is 4.92 Å². The second-order valence-corrected chi connectivity index (χ2v) is 8.64. The van der Waals surface area contributed by atoms with Gasteiger partial charge in [0.2, 0.25) is 0 Å². The van der Waals surface area contributed by atoms with Gasteiger partial charge in [-0.15, -0.1) is 6.42 Å². The summed E-state index contributed by atoms with van der Waals surface area (Å²) in [6.07, 6.45) is 9.03. The standard InChI is InChI=1S/C26H29N5O4/c1-3-15-35-21-13-11-18(12-14-21)17-27-19-7-5-8-20(16-19)30(4-2)26(32)25-28-22-9-6-10-23(31(33)34)24(22)29-25/h1,6,9-14,19-20,27H,4-5,7-8,15-17H2,2H3,(H,28,29). The third-order valence-electron chi connectivity index (χ3n) is 6.42. The third-order valence-corrected chi connectivity index (χ3v) is 6.42. The van der Waals surface area contributed by atoms with E-state index in [0.717, 1.165) is 43.5 Å². The number of hydrogen-bond acceptors (Lipinski definition) is 6. The number of amides is 1. The highest BCUT2D eigenvalue weighted by atomic mass is 16.6. The first-order valence-corrected chi connectivity index (χ1v) is 11.8. The van der Waals surface area contributed by atoms with Gasteiger partial charge in [0.25, 0.3) is 11.6 Å². The Labute approximate surface area is 204 Å². The molecule has 0 saturated heterocycles. The van der Waals surface area contributed by atoms with Gasteiger partial charge in [-0.2, -0.15) is 0 Å². The smallest absolute Gasteiger partial charge is 0.297 e. The van der Waals surface area contributed by atoms with Crippen molar-refractivity contribution in [2.75, 3.05) is 13.2 Å². The molecule has 1 aromatic heterocycles. The highest BCUT2D eigenvalue weighted by Crippen LogP contribution is 2.27. The van der Waals surface area contributed by atoms with Crippen LogP contribution in [0.3, 0.4) is 0 Å². The van der Waals surface area contributed by atoms with Gasteiger partial charge in [-0.05, 0) is 56.4 Å². The van der Waals surface area contributed by atoms with Crippen LogP contribution in [0, 0.1) is 22.5 Å². The zero-order chi connectivity index (χ0) is 24.8. The molecule has 9 heteroatoms. The molecule has 4 rings (SSSR count). The number of para-hydroxylation sites is 1. The highest BCUT2D eigenvalue weighted by Gasteiger charge is 2.31. The van der Waals surface area contributed by atoms with Crippen LogP contribution in [0.2, 0.25) is 0 Å². The zero-order valence-electron chi connectivity index (χ0n) is 19.7. The van der Waals surface area contributed by atoms with E-state index in [-0.39, 0.29) is 41.6 Å². The summed E-state index contributed by atoms with van der Waals surface area (Å²) in [4.78, 5) is 33.3. The van der Waals surface area contributed by atoms with Crippen molar-refractivity contribution < 1.29 is 14.5 Å². The van der Waals surface area contributed by atoms with Crippen molar-refractivity contribution in [1.29, 1.82) is 0 Å². The number of aromatic nitrogens is 2. The number of aromatic amines is 1. The lowest BCUT2D eigenvalue weighted by Gasteiger charge is -2.37. The van der Waals surface area contributed by atoms with Crippen LogP contribution in [-0.2, 0) is 6.54 Å². The minimum atomic E-state index is -0.482. The molecular formula is C26H29N5O4. The lowest BCUT2D eigenvalue weighted by Crippen LogP contribution is -2.47. The quantitative estimate of drug-likeness (QED) is 0.274. The maximum atomic E-state index is 13.3. The van der Waals surface area contributed by atoms with Crippen LogP contribution in [0.25, 0.3) is 11.0 Å². The molecule has 2 N–H and O–H groups in total. The van der Waals surface area contributed by atoms with Crippen molar-refractivity contribution in [1.82, 2.24) is 20.2 Å². The number of rotatable bonds is 9. The van der Waals surface area contributed by atoms with Crippen LogP contribution in [-0.4, -0.2) is 50.9 Å². The van der Waals surface area contributed by atoms with Crippen LogP contribution in [0.1, 0.15) is 48.8 Å². The predicted molar refractivity (Wildman–Crippen MR) is 133 cm³/mol. The Morgan fingerprint density at radius 3 is 2.83 bits per heavy atom. The van der Waals surface area contributed by atoms with E-state index in [1.165, 1.54) is 6.07 Å². The Morgan fingerprint density at radius 2 is 2.11 bits per heavy atom. The molecule has 1 amide bonds. The van der Waals surface area contributed by atoms with Gasteiger partial charge in [-0.3, -0.25) is 14.9 Å². The van der Waals surface area contributed by atoms with E-state index in [4.69, 9.17) is 11.2 Å². The maximum absolute atomic E-state index is 13.3. The van der Waals surface area contributed by atoms with Crippen LogP contribution in [0.15, 0.2) is 42.5 Å². The first kappa shape index (κ1) is 24.2. The molecule has 1 aliphatic rings.